The smallest absolute Gasteiger partial charge is 0.155 e. The predicted molar refractivity (Wildman–Crippen MR) is 45.3 cm³/mol. The molecule has 0 fully saturated rings. The van der Waals surface area contributed by atoms with E-state index in [1.165, 1.54) is 0 Å². The molecule has 1 atom stereocenters. The first-order chi connectivity index (χ1) is 4.63. The molecule has 0 rings (SSSR count). The average molecular weight is 164 g/mol. The van der Waals surface area contributed by atoms with Gasteiger partial charge < -0.3 is 9.05 Å². The molecule has 0 aromatic rings. The fraction of sp³-hybridized carbons (Fsp3) is 1.00. The van der Waals surface area contributed by atoms with E-state index in [9.17, 15) is 0 Å². The summed E-state index contributed by atoms with van der Waals surface area (Å²) < 4.78 is 10.4. The highest BCUT2D eigenvalue weighted by Gasteiger charge is 1.95. The third-order valence-corrected chi connectivity index (χ3v) is 1.61. The molecule has 0 aliphatic heterocycles. The summed E-state index contributed by atoms with van der Waals surface area (Å²) in [5.41, 5.74) is 0. The molecular weight excluding hydrogens is 147 g/mol. The first kappa shape index (κ1) is 10.3. The van der Waals surface area contributed by atoms with Crippen molar-refractivity contribution in [3.63, 3.8) is 0 Å². The second-order valence-electron chi connectivity index (χ2n) is 2.95. The minimum atomic E-state index is 0.205. The van der Waals surface area contributed by atoms with E-state index in [1.807, 2.05) is 13.8 Å². The van der Waals surface area contributed by atoms with E-state index in [0.717, 1.165) is 6.61 Å². The Labute approximate surface area is 65.2 Å². The van der Waals surface area contributed by atoms with Crippen LogP contribution in [0.25, 0.3) is 0 Å². The van der Waals surface area contributed by atoms with Crippen LogP contribution in [-0.4, -0.2) is 12.7 Å². The number of hydrogen-bond donors (Lipinski definition) is 0. The van der Waals surface area contributed by atoms with Gasteiger partial charge in [-0.3, -0.25) is 0 Å². The van der Waals surface area contributed by atoms with Gasteiger partial charge in [-0.2, -0.15) is 0 Å². The van der Waals surface area contributed by atoms with Gasteiger partial charge >= 0.3 is 0 Å². The maximum absolute atomic E-state index is 5.21. The largest absolute Gasteiger partial charge is 0.336 e. The molecule has 0 bridgehead atoms. The second-order valence-corrected chi connectivity index (χ2v) is 3.65. The molecule has 10 heavy (non-hydrogen) atoms. The molecule has 0 N–H and O–H groups in total. The van der Waals surface area contributed by atoms with Gasteiger partial charge in [0.05, 0.1) is 12.7 Å². The van der Waals surface area contributed by atoms with Gasteiger partial charge in [0, 0.05) is 0 Å². The van der Waals surface area contributed by atoms with Crippen LogP contribution in [0.1, 0.15) is 27.7 Å². The molecule has 0 amide bonds. The van der Waals surface area contributed by atoms with E-state index in [-0.39, 0.29) is 15.1 Å². The van der Waals surface area contributed by atoms with Crippen LogP contribution in [0.3, 0.4) is 0 Å². The quantitative estimate of drug-likeness (QED) is 0.459. The Morgan fingerprint density at radius 1 is 1.20 bits per heavy atom. The van der Waals surface area contributed by atoms with E-state index in [2.05, 4.69) is 13.8 Å². The second kappa shape index (κ2) is 6.09. The first-order valence-electron chi connectivity index (χ1n) is 3.65. The van der Waals surface area contributed by atoms with Gasteiger partial charge in [-0.15, -0.1) is 0 Å². The molecule has 0 aromatic heterocycles. The molecular formula is C7H17O2P. The monoisotopic (exact) mass is 164 g/mol. The van der Waals surface area contributed by atoms with Crippen LogP contribution in [0.15, 0.2) is 0 Å². The maximum Gasteiger partial charge on any atom is 0.155 e. The van der Waals surface area contributed by atoms with Gasteiger partial charge in [0.2, 0.25) is 0 Å². The minimum absolute atomic E-state index is 0.205. The van der Waals surface area contributed by atoms with Crippen LogP contribution in [-0.2, 0) is 9.05 Å². The summed E-state index contributed by atoms with van der Waals surface area (Å²) in [6, 6.07) is 0. The van der Waals surface area contributed by atoms with Crippen molar-refractivity contribution in [3.05, 3.63) is 0 Å². The Kier molecular flexibility index (Phi) is 6.30. The standard InChI is InChI=1S/C7H17O2P/c1-6(2)5-8-10-9-7(3)4/h6-7,10H,5H2,1-4H3. The van der Waals surface area contributed by atoms with Crippen molar-refractivity contribution in [3.8, 4) is 0 Å². The minimum Gasteiger partial charge on any atom is -0.336 e. The Morgan fingerprint density at radius 2 is 1.80 bits per heavy atom. The molecule has 62 valence electrons. The fourth-order valence-electron chi connectivity index (χ4n) is 0.331. The Balaban J connectivity index is 2.91. The van der Waals surface area contributed by atoms with Gasteiger partial charge in [0.1, 0.15) is 0 Å². The first-order valence-corrected chi connectivity index (χ1v) is 4.47. The van der Waals surface area contributed by atoms with E-state index in [4.69, 9.17) is 9.05 Å². The van der Waals surface area contributed by atoms with E-state index >= 15 is 0 Å². The van der Waals surface area contributed by atoms with Crippen molar-refractivity contribution in [2.45, 2.75) is 33.8 Å². The van der Waals surface area contributed by atoms with Crippen LogP contribution < -0.4 is 0 Å². The predicted octanol–water partition coefficient (Wildman–Crippen LogP) is 2.59. The molecule has 0 spiro atoms. The van der Waals surface area contributed by atoms with Gasteiger partial charge in [-0.05, 0) is 19.8 Å². The van der Waals surface area contributed by atoms with Crippen LogP contribution in [0.2, 0.25) is 0 Å². The molecule has 1 unspecified atom stereocenters. The lowest BCUT2D eigenvalue weighted by molar-refractivity contribution is 0.207. The average Bonchev–Trinajstić information content (AvgIpc) is 1.79. The molecule has 0 aliphatic rings. The van der Waals surface area contributed by atoms with Crippen LogP contribution in [0.5, 0.6) is 0 Å². The normalized spacial score (nSPS) is 12.6. The number of hydrogen-bond acceptors (Lipinski definition) is 2. The van der Waals surface area contributed by atoms with Crippen LogP contribution in [0.4, 0.5) is 0 Å². The molecule has 0 heterocycles. The van der Waals surface area contributed by atoms with Gasteiger partial charge in [0.15, 0.2) is 9.03 Å². The summed E-state index contributed by atoms with van der Waals surface area (Å²) >= 11 is 0. The van der Waals surface area contributed by atoms with Crippen molar-refractivity contribution >= 4 is 9.03 Å². The Morgan fingerprint density at radius 3 is 2.20 bits per heavy atom. The zero-order chi connectivity index (χ0) is 7.98. The lowest BCUT2D eigenvalue weighted by Crippen LogP contribution is -1.98. The number of rotatable bonds is 5. The summed E-state index contributed by atoms with van der Waals surface area (Å²) in [4.78, 5) is 0. The Bertz CT molecular complexity index is 64.0. The lowest BCUT2D eigenvalue weighted by atomic mass is 10.2. The topological polar surface area (TPSA) is 18.5 Å². The molecule has 0 aromatic carbocycles. The van der Waals surface area contributed by atoms with Crippen molar-refractivity contribution in [1.82, 2.24) is 0 Å². The molecule has 3 heteroatoms. The van der Waals surface area contributed by atoms with Crippen LogP contribution in [0, 0.1) is 5.92 Å². The van der Waals surface area contributed by atoms with E-state index in [1.54, 1.807) is 0 Å². The van der Waals surface area contributed by atoms with Gasteiger partial charge in [0.25, 0.3) is 0 Å². The summed E-state index contributed by atoms with van der Waals surface area (Å²) in [6.07, 6.45) is 0.283. The van der Waals surface area contributed by atoms with E-state index < -0.39 is 0 Å². The molecule has 2 nitrogen and oxygen atoms in total. The van der Waals surface area contributed by atoms with Gasteiger partial charge in [-0.1, -0.05) is 13.8 Å². The van der Waals surface area contributed by atoms with Crippen molar-refractivity contribution in [2.24, 2.45) is 5.92 Å². The third-order valence-electron chi connectivity index (χ3n) is 0.759. The Hall–Kier alpha value is 0.350. The maximum atomic E-state index is 5.21. The van der Waals surface area contributed by atoms with Crippen molar-refractivity contribution in [2.75, 3.05) is 6.61 Å². The highest BCUT2D eigenvalue weighted by atomic mass is 31.1. The zero-order valence-electron chi connectivity index (χ0n) is 7.18. The fourth-order valence-corrected chi connectivity index (χ4v) is 0.993. The zero-order valence-corrected chi connectivity index (χ0v) is 8.18. The highest BCUT2D eigenvalue weighted by molar-refractivity contribution is 7.26. The molecule has 0 aliphatic carbocycles. The third kappa shape index (κ3) is 8.35. The lowest BCUT2D eigenvalue weighted by Gasteiger charge is -2.08. The van der Waals surface area contributed by atoms with Crippen molar-refractivity contribution < 1.29 is 9.05 Å². The molecule has 0 saturated carbocycles. The highest BCUT2D eigenvalue weighted by Crippen LogP contribution is 2.17. The van der Waals surface area contributed by atoms with Crippen LogP contribution >= 0.6 is 9.03 Å². The summed E-state index contributed by atoms with van der Waals surface area (Å²) in [7, 11) is 0.205. The summed E-state index contributed by atoms with van der Waals surface area (Å²) in [5.74, 6) is 0.600. The summed E-state index contributed by atoms with van der Waals surface area (Å²) in [6.45, 7) is 9.06. The molecule has 0 saturated heterocycles. The van der Waals surface area contributed by atoms with E-state index in [0.29, 0.717) is 5.92 Å². The van der Waals surface area contributed by atoms with Crippen molar-refractivity contribution in [1.29, 1.82) is 0 Å². The van der Waals surface area contributed by atoms with Gasteiger partial charge in [-0.25, -0.2) is 0 Å². The summed E-state index contributed by atoms with van der Waals surface area (Å²) in [5, 5.41) is 0. The molecule has 0 radical (unpaired) electrons. The SMILES string of the molecule is CC(C)COPOC(C)C.